The fourth-order valence-electron chi connectivity index (χ4n) is 3.61. The van der Waals surface area contributed by atoms with Gasteiger partial charge in [0, 0.05) is 31.7 Å². The SMILES string of the molecule is CCNC(=NCC(C)(O)c1ccsc1)NCC1(c2ccccc2)CCOCC1.I. The lowest BCUT2D eigenvalue weighted by Gasteiger charge is -2.38. The molecule has 1 saturated heterocycles. The normalized spacial score (nSPS) is 18.4. The molecular weight excluding hydrogens is 497 g/mol. The number of aliphatic imine (C=N–C) groups is 1. The molecule has 1 aromatic carbocycles. The van der Waals surface area contributed by atoms with Gasteiger partial charge in [0.05, 0.1) is 6.54 Å². The van der Waals surface area contributed by atoms with Gasteiger partial charge in [-0.15, -0.1) is 24.0 Å². The van der Waals surface area contributed by atoms with Crippen LogP contribution in [0.15, 0.2) is 52.2 Å². The molecule has 0 bridgehead atoms. The number of hydrogen-bond donors (Lipinski definition) is 3. The van der Waals surface area contributed by atoms with E-state index in [0.717, 1.165) is 50.7 Å². The van der Waals surface area contributed by atoms with Gasteiger partial charge in [-0.25, -0.2) is 4.99 Å². The Bertz CT molecular complexity index is 745. The topological polar surface area (TPSA) is 65.9 Å². The molecule has 0 amide bonds. The zero-order valence-electron chi connectivity index (χ0n) is 17.2. The first kappa shape index (κ1) is 24.1. The summed E-state index contributed by atoms with van der Waals surface area (Å²) in [5.41, 5.74) is 1.30. The molecule has 2 heterocycles. The Morgan fingerprint density at radius 3 is 2.55 bits per heavy atom. The average molecular weight is 529 g/mol. The first-order valence-corrected chi connectivity index (χ1v) is 10.9. The molecule has 1 unspecified atom stereocenters. The second-order valence-electron chi connectivity index (χ2n) is 7.59. The highest BCUT2D eigenvalue weighted by Crippen LogP contribution is 2.34. The number of benzene rings is 1. The van der Waals surface area contributed by atoms with Gasteiger partial charge in [0.1, 0.15) is 5.60 Å². The molecule has 1 aliphatic rings. The van der Waals surface area contributed by atoms with Crippen molar-refractivity contribution in [3.05, 3.63) is 58.3 Å². The molecule has 29 heavy (non-hydrogen) atoms. The van der Waals surface area contributed by atoms with Crippen LogP contribution in [0.2, 0.25) is 0 Å². The minimum atomic E-state index is -0.974. The van der Waals surface area contributed by atoms with Crippen molar-refractivity contribution in [2.45, 2.75) is 37.7 Å². The van der Waals surface area contributed by atoms with Gasteiger partial charge in [-0.1, -0.05) is 30.3 Å². The van der Waals surface area contributed by atoms with Crippen molar-refractivity contribution in [2.75, 3.05) is 32.8 Å². The molecule has 1 fully saturated rings. The van der Waals surface area contributed by atoms with Crippen LogP contribution in [-0.4, -0.2) is 43.9 Å². The second-order valence-corrected chi connectivity index (χ2v) is 8.37. The van der Waals surface area contributed by atoms with Crippen molar-refractivity contribution in [3.63, 3.8) is 0 Å². The van der Waals surface area contributed by atoms with Gasteiger partial charge >= 0.3 is 0 Å². The van der Waals surface area contributed by atoms with E-state index in [1.165, 1.54) is 5.56 Å². The van der Waals surface area contributed by atoms with E-state index in [9.17, 15) is 5.11 Å². The third-order valence-electron chi connectivity index (χ3n) is 5.46. The molecule has 3 N–H and O–H groups in total. The van der Waals surface area contributed by atoms with Crippen molar-refractivity contribution >= 4 is 41.3 Å². The number of aliphatic hydroxyl groups is 1. The van der Waals surface area contributed by atoms with Gasteiger partial charge in [0.2, 0.25) is 0 Å². The minimum absolute atomic E-state index is 0. The van der Waals surface area contributed by atoms with Gasteiger partial charge < -0.3 is 20.5 Å². The summed E-state index contributed by atoms with van der Waals surface area (Å²) in [5.74, 6) is 0.736. The largest absolute Gasteiger partial charge is 0.383 e. The summed E-state index contributed by atoms with van der Waals surface area (Å²) in [6.45, 7) is 7.27. The summed E-state index contributed by atoms with van der Waals surface area (Å²) in [6.07, 6.45) is 1.96. The fourth-order valence-corrected chi connectivity index (χ4v) is 4.39. The van der Waals surface area contributed by atoms with E-state index >= 15 is 0 Å². The molecule has 160 valence electrons. The zero-order chi connectivity index (χ0) is 19.9. The third-order valence-corrected chi connectivity index (χ3v) is 6.15. The fraction of sp³-hybridized carbons (Fsp3) is 0.500. The van der Waals surface area contributed by atoms with Gasteiger partial charge in [-0.05, 0) is 54.6 Å². The van der Waals surface area contributed by atoms with Crippen molar-refractivity contribution < 1.29 is 9.84 Å². The monoisotopic (exact) mass is 529 g/mol. The Labute approximate surface area is 195 Å². The maximum Gasteiger partial charge on any atom is 0.191 e. The van der Waals surface area contributed by atoms with Crippen LogP contribution in [0.3, 0.4) is 0 Å². The van der Waals surface area contributed by atoms with E-state index in [-0.39, 0.29) is 29.4 Å². The number of thiophene rings is 1. The number of hydrogen-bond acceptors (Lipinski definition) is 4. The quantitative estimate of drug-likeness (QED) is 0.290. The van der Waals surface area contributed by atoms with Crippen LogP contribution in [0.5, 0.6) is 0 Å². The van der Waals surface area contributed by atoms with E-state index in [1.54, 1.807) is 11.3 Å². The Hall–Kier alpha value is -1.16. The third kappa shape index (κ3) is 6.41. The van der Waals surface area contributed by atoms with Gasteiger partial charge in [-0.3, -0.25) is 0 Å². The Balaban J connectivity index is 0.00000300. The van der Waals surface area contributed by atoms with Crippen LogP contribution >= 0.6 is 35.3 Å². The molecule has 7 heteroatoms. The summed E-state index contributed by atoms with van der Waals surface area (Å²) in [5, 5.41) is 21.5. The maximum atomic E-state index is 10.8. The molecule has 1 aromatic heterocycles. The van der Waals surface area contributed by atoms with Crippen LogP contribution in [0, 0.1) is 0 Å². The van der Waals surface area contributed by atoms with Crippen molar-refractivity contribution in [3.8, 4) is 0 Å². The number of halogens is 1. The van der Waals surface area contributed by atoms with E-state index in [1.807, 2.05) is 23.8 Å². The van der Waals surface area contributed by atoms with Gasteiger partial charge in [0.15, 0.2) is 5.96 Å². The van der Waals surface area contributed by atoms with Crippen LogP contribution in [0.1, 0.15) is 37.8 Å². The molecule has 0 radical (unpaired) electrons. The van der Waals surface area contributed by atoms with Crippen molar-refractivity contribution in [1.29, 1.82) is 0 Å². The average Bonchev–Trinajstić information content (AvgIpc) is 3.27. The number of nitrogens with zero attached hydrogens (tertiary/aromatic N) is 1. The lowest BCUT2D eigenvalue weighted by molar-refractivity contribution is 0.0513. The lowest BCUT2D eigenvalue weighted by atomic mass is 9.74. The molecule has 5 nitrogen and oxygen atoms in total. The molecule has 1 atom stereocenters. The van der Waals surface area contributed by atoms with Crippen LogP contribution in [-0.2, 0) is 15.8 Å². The summed E-state index contributed by atoms with van der Waals surface area (Å²) in [7, 11) is 0. The second kappa shape index (κ2) is 11.3. The number of nitrogens with one attached hydrogen (secondary N) is 2. The highest BCUT2D eigenvalue weighted by atomic mass is 127. The predicted molar refractivity (Wildman–Crippen MR) is 131 cm³/mol. The smallest absolute Gasteiger partial charge is 0.191 e. The summed E-state index contributed by atoms with van der Waals surface area (Å²) < 4.78 is 5.63. The van der Waals surface area contributed by atoms with Crippen molar-refractivity contribution in [1.82, 2.24) is 10.6 Å². The van der Waals surface area contributed by atoms with E-state index in [2.05, 4.69) is 52.9 Å². The zero-order valence-corrected chi connectivity index (χ0v) is 20.3. The maximum absolute atomic E-state index is 10.8. The van der Waals surface area contributed by atoms with E-state index in [0.29, 0.717) is 6.54 Å². The molecular formula is C22H32IN3O2S. The molecule has 0 aliphatic carbocycles. The molecule has 3 rings (SSSR count). The predicted octanol–water partition coefficient (Wildman–Crippen LogP) is 3.88. The first-order valence-electron chi connectivity index (χ1n) is 9.96. The first-order chi connectivity index (χ1) is 13.6. The van der Waals surface area contributed by atoms with E-state index < -0.39 is 5.60 Å². The highest BCUT2D eigenvalue weighted by Gasteiger charge is 2.34. The highest BCUT2D eigenvalue weighted by molar-refractivity contribution is 14.0. The molecule has 0 saturated carbocycles. The van der Waals surface area contributed by atoms with Crippen LogP contribution < -0.4 is 10.6 Å². The van der Waals surface area contributed by atoms with Crippen LogP contribution in [0.4, 0.5) is 0 Å². The van der Waals surface area contributed by atoms with E-state index in [4.69, 9.17) is 4.74 Å². The number of guanidine groups is 1. The van der Waals surface area contributed by atoms with Crippen molar-refractivity contribution in [2.24, 2.45) is 4.99 Å². The van der Waals surface area contributed by atoms with Gasteiger partial charge in [0.25, 0.3) is 0 Å². The number of rotatable bonds is 7. The molecule has 1 aliphatic heterocycles. The Kier molecular flexibility index (Phi) is 9.39. The summed E-state index contributed by atoms with van der Waals surface area (Å²) in [4.78, 5) is 4.67. The summed E-state index contributed by atoms with van der Waals surface area (Å²) in [6, 6.07) is 12.6. The Morgan fingerprint density at radius 2 is 1.93 bits per heavy atom. The number of ether oxygens (including phenoxy) is 1. The van der Waals surface area contributed by atoms with Gasteiger partial charge in [-0.2, -0.15) is 11.3 Å². The minimum Gasteiger partial charge on any atom is -0.383 e. The summed E-state index contributed by atoms with van der Waals surface area (Å²) >= 11 is 1.59. The molecule has 2 aromatic rings. The Morgan fingerprint density at radius 1 is 1.21 bits per heavy atom. The van der Waals surface area contributed by atoms with Crippen LogP contribution in [0.25, 0.3) is 0 Å². The molecule has 0 spiro atoms. The standard InChI is InChI=1S/C22H31N3O2S.HI/c1-3-23-20(24-16-21(2,26)19-9-14-28-15-19)25-17-22(10-12-27-13-11-22)18-7-5-4-6-8-18;/h4-9,14-15,26H,3,10-13,16-17H2,1-2H3,(H2,23,24,25);1H. The lowest BCUT2D eigenvalue weighted by Crippen LogP contribution is -2.48.